The molecule has 0 aliphatic rings. The molecule has 0 spiro atoms. The zero-order valence-electron chi connectivity index (χ0n) is 14.8. The summed E-state index contributed by atoms with van der Waals surface area (Å²) in [7, 11) is 0. The molecule has 2 amide bonds. The van der Waals surface area contributed by atoms with Gasteiger partial charge in [-0.05, 0) is 50.2 Å². The van der Waals surface area contributed by atoms with Crippen molar-refractivity contribution in [1.29, 1.82) is 0 Å². The van der Waals surface area contributed by atoms with Crippen molar-refractivity contribution in [2.24, 2.45) is 0 Å². The van der Waals surface area contributed by atoms with Crippen molar-refractivity contribution < 1.29 is 18.7 Å². The van der Waals surface area contributed by atoms with Crippen molar-refractivity contribution in [3.63, 3.8) is 0 Å². The SMILES string of the molecule is CC(C)NC(=O)c1ccc(Cl)cc1NC(=O)CCOc1ccc(F)cc1Cl. The van der Waals surface area contributed by atoms with Crippen LogP contribution in [-0.2, 0) is 4.79 Å². The minimum Gasteiger partial charge on any atom is -0.491 e. The topological polar surface area (TPSA) is 67.4 Å². The monoisotopic (exact) mass is 412 g/mol. The molecular weight excluding hydrogens is 394 g/mol. The summed E-state index contributed by atoms with van der Waals surface area (Å²) in [6.45, 7) is 3.71. The number of halogens is 3. The second-order valence-corrected chi connectivity index (χ2v) is 6.88. The lowest BCUT2D eigenvalue weighted by atomic mass is 10.1. The van der Waals surface area contributed by atoms with Gasteiger partial charge in [0.15, 0.2) is 0 Å². The van der Waals surface area contributed by atoms with Crippen LogP contribution in [0, 0.1) is 5.82 Å². The normalized spacial score (nSPS) is 10.6. The Morgan fingerprint density at radius 1 is 1.15 bits per heavy atom. The number of ether oxygens (including phenoxy) is 1. The molecule has 144 valence electrons. The molecule has 5 nitrogen and oxygen atoms in total. The van der Waals surface area contributed by atoms with E-state index < -0.39 is 5.82 Å². The van der Waals surface area contributed by atoms with Crippen LogP contribution in [0.1, 0.15) is 30.6 Å². The van der Waals surface area contributed by atoms with E-state index in [0.717, 1.165) is 6.07 Å². The molecule has 2 N–H and O–H groups in total. The molecule has 0 bridgehead atoms. The van der Waals surface area contributed by atoms with Crippen molar-refractivity contribution in [3.05, 3.63) is 57.8 Å². The van der Waals surface area contributed by atoms with E-state index in [2.05, 4.69) is 10.6 Å². The summed E-state index contributed by atoms with van der Waals surface area (Å²) in [5.74, 6) is -0.871. The highest BCUT2D eigenvalue weighted by molar-refractivity contribution is 6.32. The van der Waals surface area contributed by atoms with Crippen molar-refractivity contribution in [2.75, 3.05) is 11.9 Å². The maximum Gasteiger partial charge on any atom is 0.253 e. The summed E-state index contributed by atoms with van der Waals surface area (Å²) < 4.78 is 18.4. The number of hydrogen-bond donors (Lipinski definition) is 2. The number of amides is 2. The third-order valence-corrected chi connectivity index (χ3v) is 3.93. The summed E-state index contributed by atoms with van der Waals surface area (Å²) in [5.41, 5.74) is 0.620. The molecule has 27 heavy (non-hydrogen) atoms. The third kappa shape index (κ3) is 6.41. The molecule has 0 saturated heterocycles. The first-order valence-electron chi connectivity index (χ1n) is 8.24. The second-order valence-electron chi connectivity index (χ2n) is 6.04. The Labute approximate surface area is 166 Å². The van der Waals surface area contributed by atoms with Crippen LogP contribution < -0.4 is 15.4 Å². The molecule has 0 aliphatic heterocycles. The van der Waals surface area contributed by atoms with E-state index in [1.165, 1.54) is 18.2 Å². The average molecular weight is 413 g/mol. The van der Waals surface area contributed by atoms with Crippen molar-refractivity contribution in [3.8, 4) is 5.75 Å². The number of benzene rings is 2. The van der Waals surface area contributed by atoms with Gasteiger partial charge in [0.25, 0.3) is 5.91 Å². The van der Waals surface area contributed by atoms with Crippen molar-refractivity contribution in [2.45, 2.75) is 26.3 Å². The van der Waals surface area contributed by atoms with Gasteiger partial charge in [0.1, 0.15) is 11.6 Å². The molecular formula is C19H19Cl2FN2O3. The van der Waals surface area contributed by atoms with Crippen molar-refractivity contribution in [1.82, 2.24) is 5.32 Å². The predicted octanol–water partition coefficient (Wildman–Crippen LogP) is 4.68. The molecule has 2 aromatic carbocycles. The summed E-state index contributed by atoms with van der Waals surface area (Å²) in [5, 5.41) is 5.94. The molecule has 0 aliphatic carbocycles. The summed E-state index contributed by atoms with van der Waals surface area (Å²) in [6.07, 6.45) is 0.00541. The summed E-state index contributed by atoms with van der Waals surface area (Å²) >= 11 is 11.8. The number of nitrogens with one attached hydrogen (secondary N) is 2. The highest BCUT2D eigenvalue weighted by Crippen LogP contribution is 2.25. The van der Waals surface area contributed by atoms with E-state index in [1.807, 2.05) is 13.8 Å². The lowest BCUT2D eigenvalue weighted by molar-refractivity contribution is -0.116. The summed E-state index contributed by atoms with van der Waals surface area (Å²) in [4.78, 5) is 24.4. The molecule has 0 fully saturated rings. The van der Waals surface area contributed by atoms with E-state index in [-0.39, 0.29) is 41.7 Å². The van der Waals surface area contributed by atoms with E-state index in [0.29, 0.717) is 16.3 Å². The standard InChI is InChI=1S/C19H19Cl2FN2O3/c1-11(2)23-19(26)14-5-3-12(20)9-16(14)24-18(25)7-8-27-17-6-4-13(22)10-15(17)21/h3-6,9-11H,7-8H2,1-2H3,(H,23,26)(H,24,25). The Balaban J connectivity index is 1.98. The van der Waals surface area contributed by atoms with Gasteiger partial charge in [-0.1, -0.05) is 23.2 Å². The Hall–Kier alpha value is -2.31. The van der Waals surface area contributed by atoms with Crippen molar-refractivity contribution >= 4 is 40.7 Å². The molecule has 0 radical (unpaired) electrons. The average Bonchev–Trinajstić information content (AvgIpc) is 2.56. The number of carbonyl (C=O) groups is 2. The fourth-order valence-electron chi connectivity index (χ4n) is 2.22. The van der Waals surface area contributed by atoms with Gasteiger partial charge in [-0.15, -0.1) is 0 Å². The number of anilines is 1. The first kappa shape index (κ1) is 21.0. The van der Waals surface area contributed by atoms with Crippen LogP contribution in [0.4, 0.5) is 10.1 Å². The van der Waals surface area contributed by atoms with Crippen LogP contribution in [0.2, 0.25) is 10.0 Å². The minimum absolute atomic E-state index is 0.00541. The quantitative estimate of drug-likeness (QED) is 0.693. The fourth-order valence-corrected chi connectivity index (χ4v) is 2.61. The van der Waals surface area contributed by atoms with Crippen LogP contribution in [0.25, 0.3) is 0 Å². The third-order valence-electron chi connectivity index (χ3n) is 3.40. The van der Waals surface area contributed by atoms with E-state index in [9.17, 15) is 14.0 Å². The van der Waals surface area contributed by atoms with Crippen LogP contribution in [-0.4, -0.2) is 24.5 Å². The van der Waals surface area contributed by atoms with Gasteiger partial charge in [0.2, 0.25) is 5.91 Å². The molecule has 0 unspecified atom stereocenters. The smallest absolute Gasteiger partial charge is 0.253 e. The van der Waals surface area contributed by atoms with E-state index in [1.54, 1.807) is 12.1 Å². The van der Waals surface area contributed by atoms with Gasteiger partial charge >= 0.3 is 0 Å². The van der Waals surface area contributed by atoms with Gasteiger partial charge in [-0.25, -0.2) is 4.39 Å². The molecule has 8 heteroatoms. The number of hydrogen-bond acceptors (Lipinski definition) is 3. The summed E-state index contributed by atoms with van der Waals surface area (Å²) in [6, 6.07) is 8.31. The van der Waals surface area contributed by atoms with Gasteiger partial charge in [0.05, 0.1) is 29.3 Å². The lowest BCUT2D eigenvalue weighted by Crippen LogP contribution is -2.31. The molecule has 0 heterocycles. The maximum absolute atomic E-state index is 13.0. The molecule has 2 rings (SSSR count). The Kier molecular flexibility index (Phi) is 7.45. The highest BCUT2D eigenvalue weighted by Gasteiger charge is 2.15. The maximum atomic E-state index is 13.0. The van der Waals surface area contributed by atoms with Crippen LogP contribution in [0.3, 0.4) is 0 Å². The molecule has 0 saturated carbocycles. The van der Waals surface area contributed by atoms with Crippen LogP contribution in [0.15, 0.2) is 36.4 Å². The van der Waals surface area contributed by atoms with Gasteiger partial charge in [-0.2, -0.15) is 0 Å². The Morgan fingerprint density at radius 2 is 1.89 bits per heavy atom. The van der Waals surface area contributed by atoms with Crippen LogP contribution in [0.5, 0.6) is 5.75 Å². The Bertz CT molecular complexity index is 844. The number of rotatable bonds is 7. The van der Waals surface area contributed by atoms with E-state index >= 15 is 0 Å². The first-order valence-corrected chi connectivity index (χ1v) is 9.00. The zero-order valence-corrected chi connectivity index (χ0v) is 16.3. The molecule has 2 aromatic rings. The first-order chi connectivity index (χ1) is 12.8. The minimum atomic E-state index is -0.474. The van der Waals surface area contributed by atoms with Gasteiger partial charge in [-0.3, -0.25) is 9.59 Å². The van der Waals surface area contributed by atoms with Gasteiger partial charge in [0, 0.05) is 11.1 Å². The van der Waals surface area contributed by atoms with E-state index in [4.69, 9.17) is 27.9 Å². The molecule has 0 aromatic heterocycles. The number of carbonyl (C=O) groups excluding carboxylic acids is 2. The fraction of sp³-hybridized carbons (Fsp3) is 0.263. The zero-order chi connectivity index (χ0) is 20.0. The highest BCUT2D eigenvalue weighted by atomic mass is 35.5. The molecule has 0 atom stereocenters. The second kappa shape index (κ2) is 9.58. The Morgan fingerprint density at radius 3 is 2.56 bits per heavy atom. The van der Waals surface area contributed by atoms with Crippen LogP contribution >= 0.6 is 23.2 Å². The lowest BCUT2D eigenvalue weighted by Gasteiger charge is -2.14. The predicted molar refractivity (Wildman–Crippen MR) is 104 cm³/mol. The van der Waals surface area contributed by atoms with Gasteiger partial charge < -0.3 is 15.4 Å². The largest absolute Gasteiger partial charge is 0.491 e.